The molecule has 1 aliphatic rings. The number of hydrogen-bond acceptors (Lipinski definition) is 7. The molecule has 5 rings (SSSR count). The predicted molar refractivity (Wildman–Crippen MR) is 132 cm³/mol. The Hall–Kier alpha value is -3.93. The summed E-state index contributed by atoms with van der Waals surface area (Å²) in [6, 6.07) is 9.02. The van der Waals surface area contributed by atoms with E-state index in [9.17, 15) is 23.1 Å². The second-order valence-corrected chi connectivity index (χ2v) is 9.70. The third kappa shape index (κ3) is 5.29. The van der Waals surface area contributed by atoms with Crippen LogP contribution in [0.5, 0.6) is 0 Å². The van der Waals surface area contributed by atoms with Crippen LogP contribution in [0.2, 0.25) is 0 Å². The molecule has 2 atom stereocenters. The molecule has 194 valence electrons. The molecule has 0 aromatic carbocycles. The number of nitrogens with zero attached hydrogens (tertiary/aromatic N) is 5. The first-order valence-corrected chi connectivity index (χ1v) is 11.8. The molecule has 0 saturated heterocycles. The molecule has 9 nitrogen and oxygen atoms in total. The Kier molecular flexibility index (Phi) is 6.14. The number of halogens is 3. The summed E-state index contributed by atoms with van der Waals surface area (Å²) >= 11 is 0. The van der Waals surface area contributed by atoms with Crippen molar-refractivity contribution in [2.75, 3.05) is 10.6 Å². The van der Waals surface area contributed by atoms with Gasteiger partial charge in [0, 0.05) is 30.0 Å². The normalized spacial score (nSPS) is 18.3. The molecule has 12 heteroatoms. The first-order chi connectivity index (χ1) is 17.5. The van der Waals surface area contributed by atoms with Gasteiger partial charge < -0.3 is 15.7 Å². The number of fused-ring (bicyclic) bond motifs is 1. The van der Waals surface area contributed by atoms with E-state index < -0.39 is 17.3 Å². The van der Waals surface area contributed by atoms with Gasteiger partial charge in [-0.05, 0) is 69.5 Å². The van der Waals surface area contributed by atoms with Gasteiger partial charge in [-0.1, -0.05) is 0 Å². The van der Waals surface area contributed by atoms with E-state index in [1.807, 2.05) is 0 Å². The third-order valence-electron chi connectivity index (χ3n) is 6.42. The molecular weight excluding hydrogens is 487 g/mol. The lowest BCUT2D eigenvalue weighted by molar-refractivity contribution is -0.137. The van der Waals surface area contributed by atoms with Crippen LogP contribution in [0, 0.1) is 0 Å². The van der Waals surface area contributed by atoms with Gasteiger partial charge in [0.1, 0.15) is 5.82 Å². The van der Waals surface area contributed by atoms with Crippen molar-refractivity contribution >= 4 is 17.4 Å². The summed E-state index contributed by atoms with van der Waals surface area (Å²) in [4.78, 5) is 21.4. The number of alkyl halides is 3. The minimum absolute atomic E-state index is 0.0550. The molecule has 0 aliphatic heterocycles. The van der Waals surface area contributed by atoms with Crippen LogP contribution in [0.15, 0.2) is 59.8 Å². The molecule has 4 aromatic heterocycles. The van der Waals surface area contributed by atoms with Crippen LogP contribution in [0.4, 0.5) is 24.9 Å². The molecule has 37 heavy (non-hydrogen) atoms. The Balaban J connectivity index is 1.22. The minimum Gasteiger partial charge on any atom is -0.386 e. The highest BCUT2D eigenvalue weighted by Crippen LogP contribution is 2.30. The molecule has 0 bridgehead atoms. The summed E-state index contributed by atoms with van der Waals surface area (Å²) in [6.45, 7) is 3.13. The zero-order chi connectivity index (χ0) is 26.4. The minimum atomic E-state index is -4.44. The number of hydrogen-bond donors (Lipinski definition) is 3. The highest BCUT2D eigenvalue weighted by molar-refractivity contribution is 5.47. The topological polar surface area (TPSA) is 109 Å². The SMILES string of the molecule is CC(C)(O)c1cccn(-c2ccc(N[C@H]3CC[C@H](Nc4nc5cc(C(F)(F)F)ccn5n4)C3)nc2)c1=O. The van der Waals surface area contributed by atoms with Crippen LogP contribution in [-0.2, 0) is 11.8 Å². The van der Waals surface area contributed by atoms with E-state index >= 15 is 0 Å². The lowest BCUT2D eigenvalue weighted by atomic mass is 10.0. The molecule has 1 fully saturated rings. The van der Waals surface area contributed by atoms with Crippen molar-refractivity contribution in [1.82, 2.24) is 24.1 Å². The molecule has 3 N–H and O–H groups in total. The summed E-state index contributed by atoms with van der Waals surface area (Å²) < 4.78 is 41.6. The molecule has 4 heterocycles. The smallest absolute Gasteiger partial charge is 0.386 e. The van der Waals surface area contributed by atoms with E-state index in [1.54, 1.807) is 50.5 Å². The Morgan fingerprint density at radius 2 is 1.81 bits per heavy atom. The van der Waals surface area contributed by atoms with E-state index in [0.29, 0.717) is 17.1 Å². The van der Waals surface area contributed by atoms with E-state index in [-0.39, 0.29) is 29.2 Å². The molecule has 0 unspecified atom stereocenters. The molecule has 0 spiro atoms. The van der Waals surface area contributed by atoms with Gasteiger partial charge in [-0.25, -0.2) is 9.50 Å². The highest BCUT2D eigenvalue weighted by Gasteiger charge is 2.31. The number of nitrogens with one attached hydrogen (secondary N) is 2. The fourth-order valence-electron chi connectivity index (χ4n) is 4.53. The van der Waals surface area contributed by atoms with E-state index in [2.05, 4.69) is 25.7 Å². The number of aliphatic hydroxyl groups is 1. The van der Waals surface area contributed by atoms with Crippen LogP contribution >= 0.6 is 0 Å². The standard InChI is InChI=1S/C25H26F3N7O2/c1-24(2,37)19-4-3-10-34(22(19)36)18-7-8-20(29-14-18)30-16-5-6-17(13-16)31-23-32-21-12-15(25(26,27)28)9-11-35(21)33-23/h3-4,7-12,14,16-17,37H,5-6,13H2,1-2H3,(H,29,30)(H,31,33)/t16-,17-/m0/s1. The van der Waals surface area contributed by atoms with Crippen molar-refractivity contribution in [1.29, 1.82) is 0 Å². The summed E-state index contributed by atoms with van der Waals surface area (Å²) in [5.41, 5.74) is -1.33. The molecular formula is C25H26F3N7O2. The van der Waals surface area contributed by atoms with E-state index in [0.717, 1.165) is 31.4 Å². The molecule has 0 radical (unpaired) electrons. The fraction of sp³-hybridized carbons (Fsp3) is 0.360. The molecule has 1 aliphatic carbocycles. The van der Waals surface area contributed by atoms with Crippen LogP contribution in [0.3, 0.4) is 0 Å². The van der Waals surface area contributed by atoms with E-state index in [4.69, 9.17) is 0 Å². The number of anilines is 2. The summed E-state index contributed by atoms with van der Waals surface area (Å²) in [6.07, 6.45) is 2.48. The molecule has 1 saturated carbocycles. The molecule has 4 aromatic rings. The maximum Gasteiger partial charge on any atom is 0.416 e. The third-order valence-corrected chi connectivity index (χ3v) is 6.42. The van der Waals surface area contributed by atoms with Gasteiger partial charge in [0.05, 0.1) is 23.0 Å². The Bertz CT molecular complexity index is 1470. The average molecular weight is 514 g/mol. The van der Waals surface area contributed by atoms with Gasteiger partial charge in [0.2, 0.25) is 5.95 Å². The number of pyridine rings is 3. The quantitative estimate of drug-likeness (QED) is 0.358. The lowest BCUT2D eigenvalue weighted by Crippen LogP contribution is -2.30. The van der Waals surface area contributed by atoms with Gasteiger partial charge in [-0.15, -0.1) is 5.10 Å². The molecule has 0 amide bonds. The summed E-state index contributed by atoms with van der Waals surface area (Å²) in [5.74, 6) is 0.942. The second-order valence-electron chi connectivity index (χ2n) is 9.70. The van der Waals surface area contributed by atoms with Gasteiger partial charge >= 0.3 is 6.18 Å². The number of rotatable bonds is 6. The van der Waals surface area contributed by atoms with Crippen molar-refractivity contribution in [3.8, 4) is 5.69 Å². The monoisotopic (exact) mass is 513 g/mol. The van der Waals surface area contributed by atoms with E-state index in [1.165, 1.54) is 15.3 Å². The first-order valence-electron chi connectivity index (χ1n) is 11.8. The van der Waals surface area contributed by atoms with Crippen molar-refractivity contribution in [3.05, 3.63) is 76.5 Å². The van der Waals surface area contributed by atoms with Gasteiger partial charge in [-0.2, -0.15) is 18.2 Å². The maximum atomic E-state index is 12.9. The lowest BCUT2D eigenvalue weighted by Gasteiger charge is -2.18. The predicted octanol–water partition coefficient (Wildman–Crippen LogP) is 3.97. The summed E-state index contributed by atoms with van der Waals surface area (Å²) in [7, 11) is 0. The van der Waals surface area contributed by atoms with Crippen molar-refractivity contribution < 1.29 is 18.3 Å². The Labute approximate surface area is 210 Å². The van der Waals surface area contributed by atoms with Gasteiger partial charge in [0.15, 0.2) is 5.65 Å². The highest BCUT2D eigenvalue weighted by atomic mass is 19.4. The van der Waals surface area contributed by atoms with Crippen LogP contribution in [0.25, 0.3) is 11.3 Å². The Morgan fingerprint density at radius 3 is 2.49 bits per heavy atom. The fourth-order valence-corrected chi connectivity index (χ4v) is 4.53. The average Bonchev–Trinajstić information content (AvgIpc) is 3.44. The maximum absolute atomic E-state index is 12.9. The van der Waals surface area contributed by atoms with Crippen LogP contribution in [0.1, 0.15) is 44.2 Å². The largest absolute Gasteiger partial charge is 0.416 e. The zero-order valence-electron chi connectivity index (χ0n) is 20.2. The van der Waals surface area contributed by atoms with Crippen LogP contribution in [-0.4, -0.2) is 41.3 Å². The van der Waals surface area contributed by atoms with Gasteiger partial charge in [-0.3, -0.25) is 9.36 Å². The Morgan fingerprint density at radius 1 is 1.05 bits per heavy atom. The van der Waals surface area contributed by atoms with Crippen LogP contribution < -0.4 is 16.2 Å². The summed E-state index contributed by atoms with van der Waals surface area (Å²) in [5, 5.41) is 21.1. The van der Waals surface area contributed by atoms with Crippen molar-refractivity contribution in [2.45, 2.75) is 57.0 Å². The van der Waals surface area contributed by atoms with Gasteiger partial charge in [0.25, 0.3) is 5.56 Å². The van der Waals surface area contributed by atoms with Crippen molar-refractivity contribution in [3.63, 3.8) is 0 Å². The zero-order valence-corrected chi connectivity index (χ0v) is 20.2. The first kappa shape index (κ1) is 24.8. The number of aromatic nitrogens is 5. The second kappa shape index (κ2) is 9.18. The van der Waals surface area contributed by atoms with Crippen molar-refractivity contribution in [2.24, 2.45) is 0 Å².